The van der Waals surface area contributed by atoms with Crippen LogP contribution in [0.5, 0.6) is 0 Å². The molecule has 0 aliphatic rings. The van der Waals surface area contributed by atoms with Crippen molar-refractivity contribution >= 4 is 33.3 Å². The molecule has 3 aromatic rings. The predicted molar refractivity (Wildman–Crippen MR) is 104 cm³/mol. The average Bonchev–Trinajstić information content (AvgIpc) is 3.12. The Kier molecular flexibility index (Phi) is 5.51. The molecule has 0 aliphatic heterocycles. The topological polar surface area (TPSA) is 78.3 Å². The number of Topliss-reactive ketones (excluding diaryl/α,β-unsaturated/α-hetero) is 1. The first-order valence-electron chi connectivity index (χ1n) is 8.60. The first-order valence-corrected chi connectivity index (χ1v) is 9.48. The monoisotopic (exact) mass is 384 g/mol. The summed E-state index contributed by atoms with van der Waals surface area (Å²) in [6, 6.07) is 7.31. The van der Waals surface area contributed by atoms with Crippen LogP contribution in [0.25, 0.3) is 10.2 Å². The molecule has 0 radical (unpaired) electrons. The van der Waals surface area contributed by atoms with Crippen molar-refractivity contribution in [3.05, 3.63) is 63.0 Å². The van der Waals surface area contributed by atoms with Gasteiger partial charge in [0.2, 0.25) is 5.78 Å². The maximum absolute atomic E-state index is 12.6. The van der Waals surface area contributed by atoms with Crippen LogP contribution in [0.4, 0.5) is 0 Å². The SMILES string of the molecule is Cc1ccc(C)c(C(=O)[C@H](C)OC(=O)CCn2cnc3sccc3c2=O)c1. The van der Waals surface area contributed by atoms with Crippen molar-refractivity contribution in [1.29, 1.82) is 0 Å². The maximum Gasteiger partial charge on any atom is 0.308 e. The van der Waals surface area contributed by atoms with Gasteiger partial charge in [-0.05, 0) is 43.8 Å². The number of hydrogen-bond acceptors (Lipinski definition) is 6. The minimum absolute atomic E-state index is 0.0123. The number of hydrogen-bond donors (Lipinski definition) is 0. The molecule has 0 saturated heterocycles. The van der Waals surface area contributed by atoms with Crippen LogP contribution in [-0.4, -0.2) is 27.4 Å². The van der Waals surface area contributed by atoms with E-state index in [9.17, 15) is 14.4 Å². The summed E-state index contributed by atoms with van der Waals surface area (Å²) in [4.78, 5) is 41.9. The molecule has 6 nitrogen and oxygen atoms in total. The Morgan fingerprint density at radius 2 is 2.04 bits per heavy atom. The van der Waals surface area contributed by atoms with Crippen LogP contribution in [0, 0.1) is 13.8 Å². The Balaban J connectivity index is 1.63. The van der Waals surface area contributed by atoms with Crippen LogP contribution in [0.2, 0.25) is 0 Å². The van der Waals surface area contributed by atoms with Gasteiger partial charge < -0.3 is 4.74 Å². The highest BCUT2D eigenvalue weighted by Crippen LogP contribution is 2.15. The lowest BCUT2D eigenvalue weighted by Gasteiger charge is -2.14. The van der Waals surface area contributed by atoms with Crippen molar-refractivity contribution < 1.29 is 14.3 Å². The first kappa shape index (κ1) is 19.0. The molecule has 2 heterocycles. The zero-order valence-corrected chi connectivity index (χ0v) is 16.2. The third-order valence-electron chi connectivity index (χ3n) is 4.34. The summed E-state index contributed by atoms with van der Waals surface area (Å²) in [5.74, 6) is -0.762. The standard InChI is InChI=1S/C20H20N2O4S/c1-12-4-5-13(2)16(10-12)18(24)14(3)26-17(23)6-8-22-11-21-19-15(20(22)25)7-9-27-19/h4-5,7,9-11,14H,6,8H2,1-3H3/t14-/m0/s1. The Labute approximate surface area is 160 Å². The van der Waals surface area contributed by atoms with E-state index in [-0.39, 0.29) is 24.3 Å². The van der Waals surface area contributed by atoms with Gasteiger partial charge in [0.05, 0.1) is 18.1 Å². The van der Waals surface area contributed by atoms with E-state index < -0.39 is 12.1 Å². The molecular weight excluding hydrogens is 364 g/mol. The highest BCUT2D eigenvalue weighted by atomic mass is 32.1. The zero-order chi connectivity index (χ0) is 19.6. The molecule has 2 aromatic heterocycles. The summed E-state index contributed by atoms with van der Waals surface area (Å²) in [6.45, 7) is 5.47. The van der Waals surface area contributed by atoms with Crippen LogP contribution in [-0.2, 0) is 16.1 Å². The van der Waals surface area contributed by atoms with E-state index in [4.69, 9.17) is 4.74 Å². The van der Waals surface area contributed by atoms with E-state index in [1.807, 2.05) is 26.0 Å². The third kappa shape index (κ3) is 4.14. The van der Waals surface area contributed by atoms with Crippen molar-refractivity contribution in [2.45, 2.75) is 39.8 Å². The number of carbonyl (C=O) groups is 2. The van der Waals surface area contributed by atoms with E-state index in [0.29, 0.717) is 15.8 Å². The third-order valence-corrected chi connectivity index (χ3v) is 5.16. The number of rotatable bonds is 6. The lowest BCUT2D eigenvalue weighted by Crippen LogP contribution is -2.27. The van der Waals surface area contributed by atoms with Gasteiger partial charge in [-0.15, -0.1) is 11.3 Å². The molecule has 0 saturated carbocycles. The van der Waals surface area contributed by atoms with Crippen molar-refractivity contribution in [3.63, 3.8) is 0 Å². The lowest BCUT2D eigenvalue weighted by molar-refractivity contribution is -0.146. The Morgan fingerprint density at radius 1 is 1.26 bits per heavy atom. The summed E-state index contributed by atoms with van der Waals surface area (Å²) >= 11 is 1.39. The summed E-state index contributed by atoms with van der Waals surface area (Å²) in [7, 11) is 0. The fraction of sp³-hybridized carbons (Fsp3) is 0.300. The highest BCUT2D eigenvalue weighted by Gasteiger charge is 2.21. The summed E-state index contributed by atoms with van der Waals surface area (Å²) in [5, 5.41) is 2.34. The molecule has 0 spiro atoms. The number of aryl methyl sites for hydroxylation is 3. The van der Waals surface area contributed by atoms with Gasteiger partial charge in [0.15, 0.2) is 6.10 Å². The first-order chi connectivity index (χ1) is 12.9. The molecule has 0 N–H and O–H groups in total. The number of carbonyl (C=O) groups excluding carboxylic acids is 2. The number of nitrogens with zero attached hydrogens (tertiary/aromatic N) is 2. The van der Waals surface area contributed by atoms with Crippen molar-refractivity contribution in [2.24, 2.45) is 0 Å². The fourth-order valence-corrected chi connectivity index (χ4v) is 3.52. The Bertz CT molecular complexity index is 1070. The largest absolute Gasteiger partial charge is 0.454 e. The van der Waals surface area contributed by atoms with Crippen LogP contribution in [0.1, 0.15) is 34.8 Å². The van der Waals surface area contributed by atoms with Crippen LogP contribution >= 0.6 is 11.3 Å². The van der Waals surface area contributed by atoms with Gasteiger partial charge in [-0.3, -0.25) is 19.0 Å². The molecule has 7 heteroatoms. The second-order valence-corrected chi connectivity index (χ2v) is 7.34. The summed E-state index contributed by atoms with van der Waals surface area (Å²) in [6.07, 6.45) is 0.535. The number of ketones is 1. The van der Waals surface area contributed by atoms with Gasteiger partial charge in [0.1, 0.15) is 4.83 Å². The minimum Gasteiger partial charge on any atom is -0.454 e. The average molecular weight is 384 g/mol. The normalized spacial score (nSPS) is 12.1. The zero-order valence-electron chi connectivity index (χ0n) is 15.4. The van der Waals surface area contributed by atoms with E-state index in [2.05, 4.69) is 4.98 Å². The van der Waals surface area contributed by atoms with E-state index in [0.717, 1.165) is 11.1 Å². The van der Waals surface area contributed by atoms with Crippen LogP contribution in [0.3, 0.4) is 0 Å². The minimum atomic E-state index is -0.882. The second kappa shape index (κ2) is 7.84. The Hall–Kier alpha value is -2.80. The van der Waals surface area contributed by atoms with Crippen LogP contribution in [0.15, 0.2) is 40.8 Å². The maximum atomic E-state index is 12.6. The molecular formula is C20H20N2O4S. The molecule has 27 heavy (non-hydrogen) atoms. The highest BCUT2D eigenvalue weighted by molar-refractivity contribution is 7.16. The molecule has 140 valence electrons. The number of benzene rings is 1. The summed E-state index contributed by atoms with van der Waals surface area (Å²) < 4.78 is 6.66. The molecule has 0 aliphatic carbocycles. The predicted octanol–water partition coefficient (Wildman–Crippen LogP) is 3.28. The molecule has 3 rings (SSSR count). The molecule has 0 amide bonds. The van der Waals surface area contributed by atoms with Gasteiger partial charge in [0, 0.05) is 12.1 Å². The van der Waals surface area contributed by atoms with E-state index in [1.165, 1.54) is 22.2 Å². The molecule has 1 aromatic carbocycles. The molecule has 0 unspecified atom stereocenters. The molecule has 0 fully saturated rings. The number of thiophene rings is 1. The smallest absolute Gasteiger partial charge is 0.308 e. The van der Waals surface area contributed by atoms with E-state index in [1.54, 1.807) is 24.4 Å². The van der Waals surface area contributed by atoms with Crippen LogP contribution < -0.4 is 5.56 Å². The van der Waals surface area contributed by atoms with Crippen molar-refractivity contribution in [2.75, 3.05) is 0 Å². The number of esters is 1. The number of aromatic nitrogens is 2. The van der Waals surface area contributed by atoms with Gasteiger partial charge in [-0.25, -0.2) is 4.98 Å². The number of fused-ring (bicyclic) bond motifs is 1. The number of ether oxygens (including phenoxy) is 1. The second-order valence-electron chi connectivity index (χ2n) is 6.45. The van der Waals surface area contributed by atoms with Gasteiger partial charge in [0.25, 0.3) is 5.56 Å². The lowest BCUT2D eigenvalue weighted by atomic mass is 9.99. The van der Waals surface area contributed by atoms with Crippen molar-refractivity contribution in [3.8, 4) is 0 Å². The van der Waals surface area contributed by atoms with Gasteiger partial charge in [-0.2, -0.15) is 0 Å². The fourth-order valence-electron chi connectivity index (χ4n) is 2.79. The molecule has 0 bridgehead atoms. The van der Waals surface area contributed by atoms with E-state index >= 15 is 0 Å². The van der Waals surface area contributed by atoms with Crippen molar-refractivity contribution in [1.82, 2.24) is 9.55 Å². The molecule has 1 atom stereocenters. The van der Waals surface area contributed by atoms with Gasteiger partial charge >= 0.3 is 5.97 Å². The Morgan fingerprint density at radius 3 is 2.81 bits per heavy atom. The van der Waals surface area contributed by atoms with Gasteiger partial charge in [-0.1, -0.05) is 17.7 Å². The summed E-state index contributed by atoms with van der Waals surface area (Å²) in [5.41, 5.74) is 2.18. The quantitative estimate of drug-likeness (QED) is 0.481.